The second-order valence-corrected chi connectivity index (χ2v) is 6.53. The van der Waals surface area contributed by atoms with Gasteiger partial charge in [-0.25, -0.2) is 19.2 Å². The second-order valence-electron chi connectivity index (χ2n) is 6.53. The molecule has 0 bridgehead atoms. The highest BCUT2D eigenvalue weighted by Gasteiger charge is 2.38. The van der Waals surface area contributed by atoms with Crippen molar-refractivity contribution >= 4 is 17.6 Å². The quantitative estimate of drug-likeness (QED) is 0.433. The number of aromatic nitrogens is 5. The van der Waals surface area contributed by atoms with Crippen LogP contribution in [0.5, 0.6) is 0 Å². The molecule has 33 heavy (non-hydrogen) atoms. The van der Waals surface area contributed by atoms with Crippen LogP contribution in [0.2, 0.25) is 0 Å². The summed E-state index contributed by atoms with van der Waals surface area (Å²) in [5.41, 5.74) is 2.70. The van der Waals surface area contributed by atoms with E-state index in [2.05, 4.69) is 25.5 Å². The predicted octanol–water partition coefficient (Wildman–Crippen LogP) is 4.46. The number of carbonyl (C=O) groups is 1. The number of rotatable bonds is 4. The lowest BCUT2D eigenvalue weighted by atomic mass is 10.1. The van der Waals surface area contributed by atoms with Crippen molar-refractivity contribution in [2.75, 3.05) is 5.32 Å². The van der Waals surface area contributed by atoms with E-state index in [0.29, 0.717) is 11.5 Å². The normalized spacial score (nSPS) is 10.8. The predicted molar refractivity (Wildman–Crippen MR) is 111 cm³/mol. The van der Waals surface area contributed by atoms with Gasteiger partial charge in [-0.15, -0.1) is 10.2 Å². The number of carboxylic acid groups (broad SMARTS) is 1. The lowest BCUT2D eigenvalue weighted by Crippen LogP contribution is -2.21. The molecule has 0 spiro atoms. The Labute approximate surface area is 184 Å². The zero-order valence-electron chi connectivity index (χ0n) is 17.0. The van der Waals surface area contributed by atoms with Crippen LogP contribution in [0.25, 0.3) is 22.6 Å². The van der Waals surface area contributed by atoms with Gasteiger partial charge >= 0.3 is 12.1 Å². The van der Waals surface area contributed by atoms with Crippen LogP contribution in [0.4, 0.5) is 29.2 Å². The van der Waals surface area contributed by atoms with Crippen molar-refractivity contribution in [1.82, 2.24) is 24.7 Å². The summed E-state index contributed by atoms with van der Waals surface area (Å²) in [6.45, 7) is 0. The lowest BCUT2D eigenvalue weighted by molar-refractivity contribution is -0.192. The Morgan fingerprint density at radius 1 is 1.03 bits per heavy atom. The molecule has 0 aliphatic carbocycles. The van der Waals surface area contributed by atoms with Crippen LogP contribution in [-0.2, 0) is 11.8 Å². The van der Waals surface area contributed by atoms with E-state index < -0.39 is 18.0 Å². The lowest BCUT2D eigenvalue weighted by Gasteiger charge is -2.08. The molecule has 0 amide bonds. The van der Waals surface area contributed by atoms with Gasteiger partial charge in [0.25, 0.3) is 0 Å². The van der Waals surface area contributed by atoms with Crippen LogP contribution in [0, 0.1) is 5.82 Å². The molecule has 4 aromatic rings. The van der Waals surface area contributed by atoms with Crippen LogP contribution in [-0.4, -0.2) is 42.0 Å². The number of hydrogen-bond acceptors (Lipinski definition) is 6. The molecule has 8 nitrogen and oxygen atoms in total. The Balaban J connectivity index is 0.000000383. The van der Waals surface area contributed by atoms with Crippen molar-refractivity contribution in [3.05, 3.63) is 72.9 Å². The number of nitrogens with zero attached hydrogens (tertiary/aromatic N) is 5. The van der Waals surface area contributed by atoms with Crippen molar-refractivity contribution < 1.29 is 27.5 Å². The van der Waals surface area contributed by atoms with Gasteiger partial charge in [-0.1, -0.05) is 30.3 Å². The first-order valence-corrected chi connectivity index (χ1v) is 9.24. The number of aliphatic carboxylic acids is 1. The van der Waals surface area contributed by atoms with Crippen LogP contribution < -0.4 is 5.32 Å². The molecule has 0 atom stereocenters. The van der Waals surface area contributed by atoms with Crippen molar-refractivity contribution in [1.29, 1.82) is 0 Å². The molecule has 0 saturated heterocycles. The maximum Gasteiger partial charge on any atom is 0.490 e. The molecular weight excluding hydrogens is 444 g/mol. The molecule has 0 aliphatic heterocycles. The van der Waals surface area contributed by atoms with Gasteiger partial charge in [0, 0.05) is 23.9 Å². The smallest absolute Gasteiger partial charge is 0.475 e. The first kappa shape index (κ1) is 23.3. The molecular formula is C21H16F4N6O2. The SMILES string of the molecule is Cn1cnnc1-c1ccc(Nc2ncc(F)c(-c3ccccc3)n2)cc1.O=C(O)C(F)(F)F. The van der Waals surface area contributed by atoms with Crippen LogP contribution >= 0.6 is 0 Å². The molecule has 0 radical (unpaired) electrons. The highest BCUT2D eigenvalue weighted by atomic mass is 19.4. The minimum Gasteiger partial charge on any atom is -0.475 e. The Morgan fingerprint density at radius 3 is 2.21 bits per heavy atom. The number of aryl methyl sites for hydroxylation is 1. The average Bonchev–Trinajstić information content (AvgIpc) is 3.22. The fourth-order valence-electron chi connectivity index (χ4n) is 2.60. The molecule has 0 unspecified atom stereocenters. The van der Waals surface area contributed by atoms with Gasteiger partial charge in [0.1, 0.15) is 12.0 Å². The molecule has 2 heterocycles. The zero-order valence-corrected chi connectivity index (χ0v) is 17.0. The van der Waals surface area contributed by atoms with E-state index in [1.807, 2.05) is 66.2 Å². The summed E-state index contributed by atoms with van der Waals surface area (Å²) in [5, 5.41) is 18.2. The van der Waals surface area contributed by atoms with Crippen molar-refractivity contribution in [3.8, 4) is 22.6 Å². The Morgan fingerprint density at radius 2 is 1.67 bits per heavy atom. The third-order valence-corrected chi connectivity index (χ3v) is 4.14. The van der Waals surface area contributed by atoms with E-state index in [0.717, 1.165) is 17.1 Å². The summed E-state index contributed by atoms with van der Waals surface area (Å²) in [5.74, 6) is -2.11. The third-order valence-electron chi connectivity index (χ3n) is 4.14. The molecule has 12 heteroatoms. The van der Waals surface area contributed by atoms with Crippen molar-refractivity contribution in [2.45, 2.75) is 6.18 Å². The first-order chi connectivity index (χ1) is 15.6. The van der Waals surface area contributed by atoms with E-state index >= 15 is 0 Å². The molecule has 4 rings (SSSR count). The number of anilines is 2. The second kappa shape index (κ2) is 9.85. The summed E-state index contributed by atoms with van der Waals surface area (Å²) in [4.78, 5) is 17.2. The number of nitrogens with one attached hydrogen (secondary N) is 1. The number of alkyl halides is 3. The van der Waals surface area contributed by atoms with E-state index in [-0.39, 0.29) is 5.69 Å². The van der Waals surface area contributed by atoms with Gasteiger partial charge in [-0.05, 0) is 24.3 Å². The minimum absolute atomic E-state index is 0.263. The number of benzene rings is 2. The first-order valence-electron chi connectivity index (χ1n) is 9.24. The van der Waals surface area contributed by atoms with Gasteiger partial charge in [-0.2, -0.15) is 13.2 Å². The van der Waals surface area contributed by atoms with Gasteiger partial charge < -0.3 is 15.0 Å². The van der Waals surface area contributed by atoms with Crippen molar-refractivity contribution in [2.24, 2.45) is 7.05 Å². The van der Waals surface area contributed by atoms with Gasteiger partial charge in [0.2, 0.25) is 5.95 Å². The molecule has 0 fully saturated rings. The molecule has 0 saturated carbocycles. The van der Waals surface area contributed by atoms with E-state index in [1.54, 1.807) is 6.33 Å². The monoisotopic (exact) mass is 460 g/mol. The summed E-state index contributed by atoms with van der Waals surface area (Å²) >= 11 is 0. The summed E-state index contributed by atoms with van der Waals surface area (Å²) in [6.07, 6.45) is -2.26. The fourth-order valence-corrected chi connectivity index (χ4v) is 2.60. The maximum absolute atomic E-state index is 14.1. The number of halogens is 4. The summed E-state index contributed by atoms with van der Waals surface area (Å²) < 4.78 is 47.7. The third kappa shape index (κ3) is 6.09. The maximum atomic E-state index is 14.1. The van der Waals surface area contributed by atoms with Gasteiger partial charge in [-0.3, -0.25) is 0 Å². The van der Waals surface area contributed by atoms with Crippen molar-refractivity contribution in [3.63, 3.8) is 0 Å². The van der Waals surface area contributed by atoms with E-state index in [1.165, 1.54) is 6.20 Å². The fraction of sp³-hybridized carbons (Fsp3) is 0.0952. The summed E-state index contributed by atoms with van der Waals surface area (Å²) in [7, 11) is 1.89. The Kier molecular flexibility index (Phi) is 6.96. The topological polar surface area (TPSA) is 106 Å². The van der Waals surface area contributed by atoms with Crippen LogP contribution in [0.3, 0.4) is 0 Å². The van der Waals surface area contributed by atoms with E-state index in [9.17, 15) is 17.6 Å². The number of hydrogen-bond donors (Lipinski definition) is 2. The molecule has 2 aromatic carbocycles. The average molecular weight is 460 g/mol. The minimum atomic E-state index is -5.08. The standard InChI is InChI=1S/C19H15FN6.C2HF3O2/c1-26-12-22-25-18(26)14-7-9-15(10-8-14)23-19-21-11-16(20)17(24-19)13-5-3-2-4-6-13;3-2(4,5)1(6)7/h2-12H,1H3,(H,21,23,24);(H,6,7). The Bertz CT molecular complexity index is 1230. The zero-order chi connectivity index (χ0) is 24.0. The largest absolute Gasteiger partial charge is 0.490 e. The molecule has 0 aliphatic rings. The van der Waals surface area contributed by atoms with Gasteiger partial charge in [0.05, 0.1) is 6.20 Å². The Hall–Kier alpha value is -4.35. The van der Waals surface area contributed by atoms with Gasteiger partial charge in [0.15, 0.2) is 11.6 Å². The van der Waals surface area contributed by atoms with Crippen LogP contribution in [0.15, 0.2) is 67.1 Å². The molecule has 2 N–H and O–H groups in total. The van der Waals surface area contributed by atoms with Crippen LogP contribution in [0.1, 0.15) is 0 Å². The molecule has 170 valence electrons. The summed E-state index contributed by atoms with van der Waals surface area (Å²) in [6, 6.07) is 16.8. The highest BCUT2D eigenvalue weighted by Crippen LogP contribution is 2.23. The van der Waals surface area contributed by atoms with E-state index in [4.69, 9.17) is 9.90 Å². The highest BCUT2D eigenvalue weighted by molar-refractivity contribution is 5.73. The molecule has 2 aromatic heterocycles. The number of carboxylic acids is 1.